The number of hydrogen-bond acceptors (Lipinski definition) is 5. The number of rotatable bonds is 2. The maximum absolute atomic E-state index is 11.3. The molecular formula is C12H13N5O2. The van der Waals surface area contributed by atoms with Crippen LogP contribution < -0.4 is 4.90 Å². The van der Waals surface area contributed by atoms with Gasteiger partial charge in [-0.1, -0.05) is 0 Å². The number of aromatic amines is 1. The van der Waals surface area contributed by atoms with Crippen LogP contribution in [0.3, 0.4) is 0 Å². The lowest BCUT2D eigenvalue weighted by Crippen LogP contribution is -2.33. The van der Waals surface area contributed by atoms with E-state index in [1.807, 2.05) is 0 Å². The van der Waals surface area contributed by atoms with Gasteiger partial charge in [0.05, 0.1) is 12.2 Å². The molecule has 2 aliphatic heterocycles. The zero-order valence-corrected chi connectivity index (χ0v) is 10.2. The Morgan fingerprint density at radius 3 is 3.05 bits per heavy atom. The number of carboxylic acid groups (broad SMARTS) is 1. The fourth-order valence-electron chi connectivity index (χ4n) is 3.53. The van der Waals surface area contributed by atoms with E-state index in [0.29, 0.717) is 12.1 Å². The van der Waals surface area contributed by atoms with Gasteiger partial charge in [0.25, 0.3) is 0 Å². The SMILES string of the molecule is O=C(O)C1CC2CCC1N2c1ncnc2nc[nH]c12. The lowest BCUT2D eigenvalue weighted by Gasteiger charge is -2.24. The number of H-pyrrole nitrogens is 1. The van der Waals surface area contributed by atoms with Crippen LogP contribution in [0, 0.1) is 5.92 Å². The quantitative estimate of drug-likeness (QED) is 0.828. The van der Waals surface area contributed by atoms with Crippen molar-refractivity contribution in [2.24, 2.45) is 5.92 Å². The summed E-state index contributed by atoms with van der Waals surface area (Å²) < 4.78 is 0. The van der Waals surface area contributed by atoms with Crippen LogP contribution in [0.5, 0.6) is 0 Å². The van der Waals surface area contributed by atoms with Crippen LogP contribution in [-0.4, -0.2) is 43.1 Å². The number of hydrogen-bond donors (Lipinski definition) is 2. The first-order valence-corrected chi connectivity index (χ1v) is 6.41. The van der Waals surface area contributed by atoms with E-state index in [9.17, 15) is 9.90 Å². The third kappa shape index (κ3) is 1.38. The smallest absolute Gasteiger partial charge is 0.308 e. The Hall–Kier alpha value is -2.18. The van der Waals surface area contributed by atoms with E-state index < -0.39 is 5.97 Å². The predicted molar refractivity (Wildman–Crippen MR) is 66.7 cm³/mol. The molecular weight excluding hydrogens is 246 g/mol. The number of aromatic nitrogens is 4. The average molecular weight is 259 g/mol. The van der Waals surface area contributed by atoms with E-state index in [1.165, 1.54) is 6.33 Å². The van der Waals surface area contributed by atoms with E-state index in [4.69, 9.17) is 0 Å². The van der Waals surface area contributed by atoms with Crippen LogP contribution >= 0.6 is 0 Å². The minimum atomic E-state index is -0.702. The van der Waals surface area contributed by atoms with Crippen LogP contribution in [0.25, 0.3) is 11.2 Å². The van der Waals surface area contributed by atoms with E-state index in [0.717, 1.165) is 24.2 Å². The number of fused-ring (bicyclic) bond motifs is 3. The average Bonchev–Trinajstić information content (AvgIpc) is 3.11. The number of nitrogens with zero attached hydrogens (tertiary/aromatic N) is 4. The summed E-state index contributed by atoms with van der Waals surface area (Å²) in [5.41, 5.74) is 1.42. The number of anilines is 1. The molecule has 19 heavy (non-hydrogen) atoms. The van der Waals surface area contributed by atoms with Crippen LogP contribution in [0.15, 0.2) is 12.7 Å². The summed E-state index contributed by atoms with van der Waals surface area (Å²) in [5.74, 6) is -0.197. The van der Waals surface area contributed by atoms with Crippen LogP contribution in [0.1, 0.15) is 19.3 Å². The second kappa shape index (κ2) is 3.66. The second-order valence-electron chi connectivity index (χ2n) is 5.18. The van der Waals surface area contributed by atoms with Crippen molar-refractivity contribution in [3.05, 3.63) is 12.7 Å². The van der Waals surface area contributed by atoms with Gasteiger partial charge in [0.1, 0.15) is 11.8 Å². The first-order valence-electron chi connectivity index (χ1n) is 6.41. The molecule has 2 aromatic rings. The number of aliphatic carboxylic acids is 1. The molecule has 98 valence electrons. The van der Waals surface area contributed by atoms with Gasteiger partial charge in [0.15, 0.2) is 11.5 Å². The lowest BCUT2D eigenvalue weighted by molar-refractivity contribution is -0.142. The summed E-state index contributed by atoms with van der Waals surface area (Å²) in [5, 5.41) is 9.29. The van der Waals surface area contributed by atoms with Crippen molar-refractivity contribution in [1.82, 2.24) is 19.9 Å². The Balaban J connectivity index is 1.81. The molecule has 2 aromatic heterocycles. The minimum Gasteiger partial charge on any atom is -0.481 e. The monoisotopic (exact) mass is 259 g/mol. The molecule has 7 heteroatoms. The highest BCUT2D eigenvalue weighted by Crippen LogP contribution is 2.44. The van der Waals surface area contributed by atoms with Crippen molar-refractivity contribution in [3.63, 3.8) is 0 Å². The van der Waals surface area contributed by atoms with Gasteiger partial charge >= 0.3 is 5.97 Å². The van der Waals surface area contributed by atoms with Gasteiger partial charge in [-0.25, -0.2) is 15.0 Å². The maximum atomic E-state index is 11.3. The topological polar surface area (TPSA) is 95.0 Å². The highest BCUT2D eigenvalue weighted by Gasteiger charge is 2.50. The summed E-state index contributed by atoms with van der Waals surface area (Å²) in [6.07, 6.45) is 5.75. The van der Waals surface area contributed by atoms with Crippen LogP contribution in [-0.2, 0) is 4.79 Å². The molecule has 4 rings (SSSR count). The Bertz CT molecular complexity index is 654. The predicted octanol–water partition coefficient (Wildman–Crippen LogP) is 0.795. The van der Waals surface area contributed by atoms with Crippen molar-refractivity contribution < 1.29 is 9.90 Å². The highest BCUT2D eigenvalue weighted by molar-refractivity contribution is 5.84. The van der Waals surface area contributed by atoms with Gasteiger partial charge in [0, 0.05) is 12.1 Å². The van der Waals surface area contributed by atoms with Gasteiger partial charge in [-0.05, 0) is 19.3 Å². The molecule has 2 aliphatic rings. The number of carboxylic acids is 1. The van der Waals surface area contributed by atoms with Gasteiger partial charge in [-0.3, -0.25) is 4.79 Å². The van der Waals surface area contributed by atoms with Gasteiger partial charge in [0.2, 0.25) is 0 Å². The second-order valence-corrected chi connectivity index (χ2v) is 5.18. The number of imidazole rings is 1. The van der Waals surface area contributed by atoms with Crippen LogP contribution in [0.2, 0.25) is 0 Å². The van der Waals surface area contributed by atoms with E-state index in [2.05, 4.69) is 24.8 Å². The Labute approximate surface area is 108 Å². The first-order chi connectivity index (χ1) is 9.25. The molecule has 2 bridgehead atoms. The number of carbonyl (C=O) groups is 1. The van der Waals surface area contributed by atoms with Crippen molar-refractivity contribution in [2.45, 2.75) is 31.3 Å². The van der Waals surface area contributed by atoms with Crippen molar-refractivity contribution in [1.29, 1.82) is 0 Å². The van der Waals surface area contributed by atoms with E-state index >= 15 is 0 Å². The maximum Gasteiger partial charge on any atom is 0.308 e. The molecule has 0 spiro atoms. The summed E-state index contributed by atoms with van der Waals surface area (Å²) in [6.45, 7) is 0. The molecule has 0 aliphatic carbocycles. The highest BCUT2D eigenvalue weighted by atomic mass is 16.4. The normalized spacial score (nSPS) is 29.3. The zero-order valence-electron chi connectivity index (χ0n) is 10.2. The fourth-order valence-corrected chi connectivity index (χ4v) is 3.53. The third-order valence-corrected chi connectivity index (χ3v) is 4.30. The van der Waals surface area contributed by atoms with Gasteiger partial charge < -0.3 is 15.0 Å². The fraction of sp³-hybridized carbons (Fsp3) is 0.500. The van der Waals surface area contributed by atoms with Gasteiger partial charge in [-0.2, -0.15) is 0 Å². The number of nitrogens with one attached hydrogen (secondary N) is 1. The minimum absolute atomic E-state index is 0.0453. The van der Waals surface area contributed by atoms with Crippen molar-refractivity contribution in [3.8, 4) is 0 Å². The van der Waals surface area contributed by atoms with Gasteiger partial charge in [-0.15, -0.1) is 0 Å². The summed E-state index contributed by atoms with van der Waals surface area (Å²) >= 11 is 0. The summed E-state index contributed by atoms with van der Waals surface area (Å²) in [7, 11) is 0. The lowest BCUT2D eigenvalue weighted by atomic mass is 9.89. The van der Waals surface area contributed by atoms with Crippen molar-refractivity contribution >= 4 is 23.0 Å². The first kappa shape index (κ1) is 10.7. The molecule has 3 unspecified atom stereocenters. The Kier molecular flexibility index (Phi) is 2.06. The molecule has 3 atom stereocenters. The molecule has 2 fully saturated rings. The molecule has 4 heterocycles. The summed E-state index contributed by atoms with van der Waals surface area (Å²) in [6, 6.07) is 0.316. The molecule has 0 amide bonds. The molecule has 2 saturated heterocycles. The van der Waals surface area contributed by atoms with Crippen LogP contribution in [0.4, 0.5) is 5.82 Å². The summed E-state index contributed by atoms with van der Waals surface area (Å²) in [4.78, 5) is 29.1. The molecule has 0 aromatic carbocycles. The molecule has 7 nitrogen and oxygen atoms in total. The van der Waals surface area contributed by atoms with E-state index in [1.54, 1.807) is 6.33 Å². The standard InChI is InChI=1S/C12H13N5O2/c18-12(19)7-3-6-1-2-8(7)17(6)11-9-10(14-4-13-9)15-5-16-11/h4-8H,1-3H2,(H,18,19)(H,13,14,15,16). The molecule has 0 radical (unpaired) electrons. The van der Waals surface area contributed by atoms with Crippen molar-refractivity contribution in [2.75, 3.05) is 4.90 Å². The Morgan fingerprint density at radius 2 is 2.26 bits per heavy atom. The molecule has 2 N–H and O–H groups in total. The largest absolute Gasteiger partial charge is 0.481 e. The molecule has 0 saturated carbocycles. The third-order valence-electron chi connectivity index (χ3n) is 4.30. The Morgan fingerprint density at radius 1 is 1.37 bits per heavy atom. The van der Waals surface area contributed by atoms with E-state index in [-0.39, 0.29) is 18.0 Å². The zero-order chi connectivity index (χ0) is 13.0.